The number of aromatic hydroxyl groups is 1. The molecule has 11 heteroatoms. The fourth-order valence-corrected chi connectivity index (χ4v) is 5.47. The molecule has 0 unspecified atom stereocenters. The van der Waals surface area contributed by atoms with E-state index in [1.807, 2.05) is 48.5 Å². The van der Waals surface area contributed by atoms with Crippen molar-refractivity contribution in [3.8, 4) is 5.75 Å². The second-order valence-electron chi connectivity index (χ2n) is 12.3. The van der Waals surface area contributed by atoms with Gasteiger partial charge < -0.3 is 30.3 Å². The molecule has 0 saturated carbocycles. The number of hydrogen-bond acceptors (Lipinski definition) is 5. The third-order valence-electron chi connectivity index (χ3n) is 7.63. The summed E-state index contributed by atoms with van der Waals surface area (Å²) in [5.41, 5.74) is 3.77. The zero-order valence-corrected chi connectivity index (χ0v) is 28.7. The first-order valence-electron chi connectivity index (χ1n) is 15.6. The summed E-state index contributed by atoms with van der Waals surface area (Å²) in [7, 11) is 2.13. The predicted molar refractivity (Wildman–Crippen MR) is 189 cm³/mol. The lowest BCUT2D eigenvalue weighted by Gasteiger charge is -2.35. The van der Waals surface area contributed by atoms with Crippen molar-refractivity contribution in [1.29, 1.82) is 0 Å². The number of phenolic OH excluding ortho intramolecular Hbond substituents is 1. The number of nitrogens with one attached hydrogen (secondary N) is 3. The van der Waals surface area contributed by atoms with Crippen LogP contribution in [0.3, 0.4) is 0 Å². The number of anilines is 1. The van der Waals surface area contributed by atoms with E-state index in [1.165, 1.54) is 12.1 Å². The first kappa shape index (κ1) is 36.3. The largest absolute Gasteiger partial charge is 0.508 e. The van der Waals surface area contributed by atoms with Crippen LogP contribution in [0.2, 0.25) is 10.0 Å². The lowest BCUT2D eigenvalue weighted by Crippen LogP contribution is -2.52. The van der Waals surface area contributed by atoms with Crippen molar-refractivity contribution in [2.45, 2.75) is 45.5 Å². The summed E-state index contributed by atoms with van der Waals surface area (Å²) in [5.74, 6) is -0.707. The number of phenols is 1. The molecule has 0 radical (unpaired) electrons. The molecule has 252 valence electrons. The second kappa shape index (κ2) is 17.0. The van der Waals surface area contributed by atoms with E-state index < -0.39 is 18.0 Å². The number of halogens is 2. The number of amides is 3. The summed E-state index contributed by atoms with van der Waals surface area (Å²) < 4.78 is 5.80. The van der Waals surface area contributed by atoms with Crippen LogP contribution in [0.1, 0.15) is 40.9 Å². The van der Waals surface area contributed by atoms with Gasteiger partial charge in [-0.3, -0.25) is 4.79 Å². The molecule has 0 aliphatic carbocycles. The second-order valence-corrected chi connectivity index (χ2v) is 13.1. The van der Waals surface area contributed by atoms with Gasteiger partial charge in [-0.05, 0) is 80.1 Å². The first-order chi connectivity index (χ1) is 22.9. The number of quaternary nitrogens is 1. The first-order valence-corrected chi connectivity index (χ1v) is 16.4. The van der Waals surface area contributed by atoms with Gasteiger partial charge in [0.1, 0.15) is 24.9 Å². The topological polar surface area (TPSA) is 117 Å². The summed E-state index contributed by atoms with van der Waals surface area (Å²) in [5, 5.41) is 19.6. The van der Waals surface area contributed by atoms with Crippen LogP contribution in [0.15, 0.2) is 97.1 Å². The Morgan fingerprint density at radius 2 is 1.29 bits per heavy atom. The summed E-state index contributed by atoms with van der Waals surface area (Å²) in [6.07, 6.45) is -0.0568. The van der Waals surface area contributed by atoms with Gasteiger partial charge in [-0.2, -0.15) is 0 Å². The van der Waals surface area contributed by atoms with E-state index in [9.17, 15) is 19.5 Å². The molecule has 9 nitrogen and oxygen atoms in total. The molecule has 4 rings (SSSR count). The van der Waals surface area contributed by atoms with Crippen LogP contribution in [-0.4, -0.2) is 59.8 Å². The number of ether oxygens (including phenoxy) is 1. The molecule has 0 saturated heterocycles. The lowest BCUT2D eigenvalue weighted by molar-refractivity contribution is -0.934. The van der Waals surface area contributed by atoms with Crippen LogP contribution in [0.4, 0.5) is 10.5 Å². The van der Waals surface area contributed by atoms with Gasteiger partial charge in [0.05, 0.1) is 31.8 Å². The van der Waals surface area contributed by atoms with E-state index >= 15 is 0 Å². The van der Waals surface area contributed by atoms with Gasteiger partial charge in [-0.1, -0.05) is 59.6 Å². The van der Waals surface area contributed by atoms with Crippen molar-refractivity contribution in [3.63, 3.8) is 0 Å². The fraction of sp³-hybridized carbons (Fsp3) is 0.270. The molecule has 0 spiro atoms. The maximum absolute atomic E-state index is 13.6. The average Bonchev–Trinajstić information content (AvgIpc) is 3.04. The predicted octanol–water partition coefficient (Wildman–Crippen LogP) is 6.96. The number of carbonyl (C=O) groups is 3. The molecule has 4 N–H and O–H groups in total. The highest BCUT2D eigenvalue weighted by Crippen LogP contribution is 2.20. The Morgan fingerprint density at radius 1 is 0.771 bits per heavy atom. The number of likely N-dealkylation sites (N-methyl/N-ethyl adjacent to an activating group) is 1. The number of benzene rings is 4. The van der Waals surface area contributed by atoms with Crippen LogP contribution in [0.5, 0.6) is 5.75 Å². The Hall–Kier alpha value is -4.57. The molecule has 1 atom stereocenters. The van der Waals surface area contributed by atoms with Crippen molar-refractivity contribution < 1.29 is 28.7 Å². The molecule has 0 aliphatic heterocycles. The third-order valence-corrected chi connectivity index (χ3v) is 8.13. The summed E-state index contributed by atoms with van der Waals surface area (Å²) >= 11 is 12.3. The van der Waals surface area contributed by atoms with Crippen LogP contribution in [0, 0.1) is 0 Å². The van der Waals surface area contributed by atoms with Crippen molar-refractivity contribution in [2.75, 3.05) is 25.5 Å². The maximum Gasteiger partial charge on any atom is 0.338 e. The van der Waals surface area contributed by atoms with Crippen molar-refractivity contribution >= 4 is 46.8 Å². The Kier molecular flexibility index (Phi) is 12.9. The van der Waals surface area contributed by atoms with E-state index in [0.29, 0.717) is 52.0 Å². The van der Waals surface area contributed by atoms with Gasteiger partial charge in [0.25, 0.3) is 0 Å². The number of carbonyl (C=O) groups excluding carboxylic acids is 3. The van der Waals surface area contributed by atoms with E-state index in [4.69, 9.17) is 27.9 Å². The van der Waals surface area contributed by atoms with Crippen molar-refractivity contribution in [2.24, 2.45) is 0 Å². The molecule has 4 aromatic rings. The van der Waals surface area contributed by atoms with Crippen LogP contribution >= 0.6 is 23.2 Å². The van der Waals surface area contributed by atoms with Crippen LogP contribution < -0.4 is 16.0 Å². The van der Waals surface area contributed by atoms with E-state index in [-0.39, 0.29) is 24.2 Å². The highest BCUT2D eigenvalue weighted by atomic mass is 35.5. The van der Waals surface area contributed by atoms with Gasteiger partial charge in [0, 0.05) is 33.3 Å². The molecule has 48 heavy (non-hydrogen) atoms. The average molecular weight is 693 g/mol. The SMILES string of the molecule is CC(C)OC(=O)c1ccc(NC(=O)N[C@@H](Cc2ccc(O)cc2)C(=O)NCC[N+](C)(Cc2ccc(Cl)cc2)Cc2ccc(Cl)cc2)cc1. The Bertz CT molecular complexity index is 1620. The molecule has 0 bridgehead atoms. The van der Waals surface area contributed by atoms with Gasteiger partial charge in [0.15, 0.2) is 0 Å². The minimum Gasteiger partial charge on any atom is -0.508 e. The number of nitrogens with zero attached hydrogens (tertiary/aromatic N) is 1. The normalized spacial score (nSPS) is 11.9. The number of rotatable bonds is 14. The standard InChI is InChI=1S/C37H40Cl2N4O5/c1-25(2)48-36(46)29-10-16-32(17-11-29)41-37(47)42-34(22-26-8-18-33(44)19-9-26)35(45)40-20-21-43(3,23-27-4-12-30(38)13-5-27)24-28-6-14-31(39)15-7-28/h4-19,25,34H,20-24H2,1-3H3,(H3-,40,41,42,44,45,46,47)/p+1/t34-/m0/s1. The smallest absolute Gasteiger partial charge is 0.338 e. The molecule has 0 aromatic heterocycles. The fourth-order valence-electron chi connectivity index (χ4n) is 5.22. The van der Waals surface area contributed by atoms with Gasteiger partial charge in [0.2, 0.25) is 5.91 Å². The molecule has 0 aliphatic rings. The maximum atomic E-state index is 13.6. The molecule has 4 aromatic carbocycles. The summed E-state index contributed by atoms with van der Waals surface area (Å²) in [6.45, 7) is 5.87. The Labute approximate surface area is 291 Å². The third kappa shape index (κ3) is 11.6. The van der Waals surface area contributed by atoms with Crippen molar-refractivity contribution in [3.05, 3.63) is 129 Å². The molecular weight excluding hydrogens is 651 g/mol. The van der Waals surface area contributed by atoms with Crippen molar-refractivity contribution in [1.82, 2.24) is 10.6 Å². The molecular formula is C37H41Cl2N4O5+. The van der Waals surface area contributed by atoms with Gasteiger partial charge >= 0.3 is 12.0 Å². The lowest BCUT2D eigenvalue weighted by atomic mass is 10.0. The summed E-state index contributed by atoms with van der Waals surface area (Å²) in [4.78, 5) is 38.8. The highest BCUT2D eigenvalue weighted by molar-refractivity contribution is 6.30. The molecule has 0 heterocycles. The van der Waals surface area contributed by atoms with E-state index in [0.717, 1.165) is 16.7 Å². The van der Waals surface area contributed by atoms with Gasteiger partial charge in [-0.15, -0.1) is 0 Å². The van der Waals surface area contributed by atoms with E-state index in [2.05, 4.69) is 23.0 Å². The quantitative estimate of drug-likeness (QED) is 0.0843. The molecule has 3 amide bonds. The Balaban J connectivity index is 1.44. The van der Waals surface area contributed by atoms with Crippen LogP contribution in [-0.2, 0) is 29.0 Å². The number of urea groups is 1. The minimum atomic E-state index is -0.916. The minimum absolute atomic E-state index is 0.101. The van der Waals surface area contributed by atoms with E-state index in [1.54, 1.807) is 50.2 Å². The number of hydrogen-bond donors (Lipinski definition) is 4. The number of esters is 1. The molecule has 0 fully saturated rings. The van der Waals surface area contributed by atoms with Gasteiger partial charge in [-0.25, -0.2) is 9.59 Å². The summed E-state index contributed by atoms with van der Waals surface area (Å²) in [6, 6.07) is 26.7. The van der Waals surface area contributed by atoms with Crippen LogP contribution in [0.25, 0.3) is 0 Å². The Morgan fingerprint density at radius 3 is 1.81 bits per heavy atom. The highest BCUT2D eigenvalue weighted by Gasteiger charge is 2.26. The zero-order chi connectivity index (χ0) is 34.7. The monoisotopic (exact) mass is 691 g/mol. The zero-order valence-electron chi connectivity index (χ0n) is 27.2.